The van der Waals surface area contributed by atoms with Crippen LogP contribution in [0.15, 0.2) is 53.7 Å². The maximum Gasteiger partial charge on any atom is 0.213 e. The molecule has 3 aromatic rings. The van der Waals surface area contributed by atoms with Crippen LogP contribution in [0.5, 0.6) is 5.88 Å². The number of nitrogens with one attached hydrogen (secondary N) is 2. The number of aliphatic imine (C=N–C) groups is 1. The predicted molar refractivity (Wildman–Crippen MR) is 121 cm³/mol. The zero-order valence-corrected chi connectivity index (χ0v) is 18.5. The first-order chi connectivity index (χ1) is 15.7. The summed E-state index contributed by atoms with van der Waals surface area (Å²) in [6.07, 6.45) is 3.61. The van der Waals surface area contributed by atoms with Crippen LogP contribution in [0.25, 0.3) is 0 Å². The molecule has 0 saturated heterocycles. The van der Waals surface area contributed by atoms with E-state index in [0.29, 0.717) is 25.6 Å². The van der Waals surface area contributed by atoms with Crippen molar-refractivity contribution in [3.63, 3.8) is 0 Å². The molecular weight excluding hydrogens is 406 g/mol. The molecule has 0 amide bonds. The van der Waals surface area contributed by atoms with Crippen molar-refractivity contribution >= 4 is 5.96 Å². The highest BCUT2D eigenvalue weighted by molar-refractivity contribution is 5.79. The number of aryl methyl sites for hydroxylation is 1. The van der Waals surface area contributed by atoms with Gasteiger partial charge in [-0.2, -0.15) is 5.10 Å². The van der Waals surface area contributed by atoms with Gasteiger partial charge in [0.15, 0.2) is 11.8 Å². The quantitative estimate of drug-likeness (QED) is 0.413. The number of nitrogens with zero attached hydrogens (tertiary/aromatic N) is 5. The van der Waals surface area contributed by atoms with Gasteiger partial charge >= 0.3 is 0 Å². The van der Waals surface area contributed by atoms with Crippen LogP contribution < -0.4 is 15.4 Å². The van der Waals surface area contributed by atoms with Gasteiger partial charge in [0.25, 0.3) is 0 Å². The molecule has 1 aliphatic heterocycles. The first-order valence-corrected chi connectivity index (χ1v) is 10.7. The lowest BCUT2D eigenvalue weighted by atomic mass is 10.1. The summed E-state index contributed by atoms with van der Waals surface area (Å²) in [6.45, 7) is 2.29. The number of pyridine rings is 1. The highest BCUT2D eigenvalue weighted by Crippen LogP contribution is 2.14. The summed E-state index contributed by atoms with van der Waals surface area (Å²) in [7, 11) is 3.43. The van der Waals surface area contributed by atoms with Crippen molar-refractivity contribution in [3.8, 4) is 5.88 Å². The molecule has 0 radical (unpaired) electrons. The summed E-state index contributed by atoms with van der Waals surface area (Å²) in [5.41, 5.74) is 2.18. The summed E-state index contributed by atoms with van der Waals surface area (Å²) < 4.78 is 12.9. The normalized spacial score (nSPS) is 15.8. The minimum Gasteiger partial charge on any atom is -0.473 e. The molecular formula is C23H29N7O2. The minimum atomic E-state index is 0.230. The molecule has 9 nitrogen and oxygen atoms in total. The lowest BCUT2D eigenvalue weighted by Crippen LogP contribution is -2.46. The standard InChI is InChI=1S/C23H29N7O2/c1-24-23(27-19-8-9-21-28-20(16-31-2)29-30(21)14-19)26-13-18-10-11-25-22(12-18)32-15-17-6-4-3-5-7-17/h3-7,10-12,19H,8-9,13-16H2,1-2H3,(H2,24,26,27). The molecule has 9 heteroatoms. The zero-order valence-electron chi connectivity index (χ0n) is 18.5. The number of methoxy groups -OCH3 is 1. The Morgan fingerprint density at radius 3 is 2.88 bits per heavy atom. The second-order valence-electron chi connectivity index (χ2n) is 7.64. The molecule has 1 aliphatic rings. The van der Waals surface area contributed by atoms with Gasteiger partial charge in [0, 0.05) is 45.4 Å². The third kappa shape index (κ3) is 5.82. The highest BCUT2D eigenvalue weighted by Gasteiger charge is 2.22. The minimum absolute atomic E-state index is 0.230. The topological polar surface area (TPSA) is 98.5 Å². The molecule has 1 atom stereocenters. The van der Waals surface area contributed by atoms with E-state index in [1.807, 2.05) is 47.1 Å². The molecule has 0 bridgehead atoms. The van der Waals surface area contributed by atoms with E-state index in [-0.39, 0.29) is 6.04 Å². The Morgan fingerprint density at radius 2 is 2.06 bits per heavy atom. The van der Waals surface area contributed by atoms with E-state index < -0.39 is 0 Å². The van der Waals surface area contributed by atoms with E-state index in [4.69, 9.17) is 9.47 Å². The number of ether oxygens (including phenoxy) is 2. The number of fused-ring (bicyclic) bond motifs is 1. The molecule has 3 heterocycles. The maximum absolute atomic E-state index is 5.83. The zero-order chi connectivity index (χ0) is 22.2. The van der Waals surface area contributed by atoms with E-state index in [2.05, 4.69) is 30.7 Å². The van der Waals surface area contributed by atoms with Crippen LogP contribution >= 0.6 is 0 Å². The van der Waals surface area contributed by atoms with Crippen LogP contribution in [-0.2, 0) is 37.5 Å². The molecule has 0 spiro atoms. The van der Waals surface area contributed by atoms with Crippen molar-refractivity contribution < 1.29 is 9.47 Å². The number of hydrogen-bond acceptors (Lipinski definition) is 6. The Kier molecular flexibility index (Phi) is 7.29. The van der Waals surface area contributed by atoms with E-state index in [9.17, 15) is 0 Å². The Morgan fingerprint density at radius 1 is 1.19 bits per heavy atom. The fourth-order valence-electron chi connectivity index (χ4n) is 3.61. The predicted octanol–water partition coefficient (Wildman–Crippen LogP) is 2.08. The van der Waals surface area contributed by atoms with Crippen LogP contribution in [0.1, 0.15) is 29.2 Å². The van der Waals surface area contributed by atoms with Gasteiger partial charge in [-0.3, -0.25) is 4.99 Å². The maximum atomic E-state index is 5.83. The largest absolute Gasteiger partial charge is 0.473 e. The monoisotopic (exact) mass is 435 g/mol. The molecule has 2 N–H and O–H groups in total. The molecule has 1 unspecified atom stereocenters. The first-order valence-electron chi connectivity index (χ1n) is 10.7. The Balaban J connectivity index is 1.28. The second-order valence-corrected chi connectivity index (χ2v) is 7.64. The number of guanidine groups is 1. The molecule has 168 valence electrons. The smallest absolute Gasteiger partial charge is 0.213 e. The van der Waals surface area contributed by atoms with Crippen LogP contribution in [0, 0.1) is 0 Å². The number of benzene rings is 1. The molecule has 1 aromatic carbocycles. The van der Waals surface area contributed by atoms with Gasteiger partial charge in [0.1, 0.15) is 19.0 Å². The summed E-state index contributed by atoms with van der Waals surface area (Å²) in [5, 5.41) is 11.4. The van der Waals surface area contributed by atoms with Gasteiger partial charge in [0.2, 0.25) is 5.88 Å². The van der Waals surface area contributed by atoms with Crippen LogP contribution in [-0.4, -0.2) is 45.9 Å². The lowest BCUT2D eigenvalue weighted by Gasteiger charge is -2.25. The molecule has 4 rings (SSSR count). The summed E-state index contributed by atoms with van der Waals surface area (Å²) in [5.74, 6) is 3.10. The molecule has 2 aromatic heterocycles. The lowest BCUT2D eigenvalue weighted by molar-refractivity contribution is 0.177. The average molecular weight is 436 g/mol. The Hall–Kier alpha value is -3.46. The van der Waals surface area contributed by atoms with Gasteiger partial charge in [-0.05, 0) is 23.6 Å². The fraction of sp³-hybridized carbons (Fsp3) is 0.391. The van der Waals surface area contributed by atoms with Crippen molar-refractivity contribution in [1.29, 1.82) is 0 Å². The summed E-state index contributed by atoms with van der Waals surface area (Å²) >= 11 is 0. The van der Waals surface area contributed by atoms with Crippen LogP contribution in [0.4, 0.5) is 0 Å². The van der Waals surface area contributed by atoms with Gasteiger partial charge in [-0.1, -0.05) is 30.3 Å². The van der Waals surface area contributed by atoms with Crippen LogP contribution in [0.2, 0.25) is 0 Å². The van der Waals surface area contributed by atoms with E-state index in [1.54, 1.807) is 20.4 Å². The molecule has 0 fully saturated rings. The number of hydrogen-bond donors (Lipinski definition) is 2. The molecule has 0 saturated carbocycles. The van der Waals surface area contributed by atoms with Gasteiger partial charge in [-0.25, -0.2) is 14.6 Å². The highest BCUT2D eigenvalue weighted by atomic mass is 16.5. The SMILES string of the molecule is CN=C(NCc1ccnc(OCc2ccccc2)c1)NC1CCc2nc(COC)nn2C1. The third-order valence-corrected chi connectivity index (χ3v) is 5.23. The third-order valence-electron chi connectivity index (χ3n) is 5.23. The molecule has 0 aliphatic carbocycles. The van der Waals surface area contributed by atoms with Crippen molar-refractivity contribution in [2.24, 2.45) is 4.99 Å². The van der Waals surface area contributed by atoms with Crippen molar-refractivity contribution in [2.75, 3.05) is 14.2 Å². The molecule has 32 heavy (non-hydrogen) atoms. The fourth-order valence-corrected chi connectivity index (χ4v) is 3.61. The number of aromatic nitrogens is 4. The van der Waals surface area contributed by atoms with E-state index >= 15 is 0 Å². The average Bonchev–Trinajstić information content (AvgIpc) is 3.23. The van der Waals surface area contributed by atoms with E-state index in [0.717, 1.165) is 48.1 Å². The van der Waals surface area contributed by atoms with Gasteiger partial charge in [0.05, 0.1) is 6.54 Å². The van der Waals surface area contributed by atoms with Crippen molar-refractivity contribution in [1.82, 2.24) is 30.4 Å². The van der Waals surface area contributed by atoms with Crippen LogP contribution in [0.3, 0.4) is 0 Å². The van der Waals surface area contributed by atoms with Crippen molar-refractivity contribution in [3.05, 3.63) is 71.4 Å². The summed E-state index contributed by atoms with van der Waals surface area (Å²) in [6, 6.07) is 14.2. The van der Waals surface area contributed by atoms with Crippen molar-refractivity contribution in [2.45, 2.75) is 45.2 Å². The first kappa shape index (κ1) is 21.8. The van der Waals surface area contributed by atoms with Gasteiger partial charge in [-0.15, -0.1) is 0 Å². The van der Waals surface area contributed by atoms with E-state index in [1.165, 1.54) is 0 Å². The Bertz CT molecular complexity index is 1040. The summed E-state index contributed by atoms with van der Waals surface area (Å²) in [4.78, 5) is 13.2. The van der Waals surface area contributed by atoms with Gasteiger partial charge < -0.3 is 20.1 Å². The number of rotatable bonds is 8. The Labute approximate surface area is 187 Å². The second kappa shape index (κ2) is 10.7.